The second kappa shape index (κ2) is 47.3. The number of hydrogen-bond donors (Lipinski definition) is 2. The lowest BCUT2D eigenvalue weighted by Gasteiger charge is -2.19. The SMILES string of the molecule is CCCCCCCCCC(CCCCCCCC1CC1CCCCCCCC)NCCSSCCNC(CCCCCCCCC)CCCCCCCC1CC1CCCCCCCC. The molecule has 0 aromatic carbocycles. The molecule has 382 valence electrons. The van der Waals surface area contributed by atoms with Crippen LogP contribution in [-0.2, 0) is 0 Å². The fourth-order valence-electron chi connectivity index (χ4n) is 11.2. The largest absolute Gasteiger partial charge is 0.313 e. The minimum absolute atomic E-state index is 0.745. The molecule has 0 aliphatic heterocycles. The van der Waals surface area contributed by atoms with Crippen molar-refractivity contribution in [3.63, 3.8) is 0 Å². The van der Waals surface area contributed by atoms with E-state index in [1.165, 1.54) is 307 Å². The van der Waals surface area contributed by atoms with Crippen LogP contribution >= 0.6 is 21.6 Å². The molecule has 4 heteroatoms. The monoisotopic (exact) mass is 933 g/mol. The van der Waals surface area contributed by atoms with E-state index in [4.69, 9.17) is 0 Å². The number of rotatable bonds is 55. The van der Waals surface area contributed by atoms with Gasteiger partial charge in [-0.1, -0.05) is 306 Å². The lowest BCUT2D eigenvalue weighted by atomic mass is 9.99. The minimum atomic E-state index is 0.745. The van der Waals surface area contributed by atoms with Crippen LogP contribution in [0.25, 0.3) is 0 Å². The third kappa shape index (κ3) is 39.5. The lowest BCUT2D eigenvalue weighted by Crippen LogP contribution is -2.31. The first-order valence-corrected chi connectivity index (χ1v) is 32.9. The first-order chi connectivity index (χ1) is 31.7. The average Bonchev–Trinajstić information content (AvgIpc) is 4.24. The molecule has 6 unspecified atom stereocenters. The summed E-state index contributed by atoms with van der Waals surface area (Å²) in [6, 6.07) is 1.49. The van der Waals surface area contributed by atoms with Crippen molar-refractivity contribution in [2.45, 2.75) is 335 Å². The van der Waals surface area contributed by atoms with E-state index in [0.717, 1.165) is 35.8 Å². The Hall–Kier alpha value is 0.620. The molecule has 0 bridgehead atoms. The van der Waals surface area contributed by atoms with E-state index in [2.05, 4.69) is 59.9 Å². The third-order valence-electron chi connectivity index (χ3n) is 15.9. The Morgan fingerprint density at radius 2 is 0.516 bits per heavy atom. The van der Waals surface area contributed by atoms with Crippen molar-refractivity contribution in [2.24, 2.45) is 23.7 Å². The predicted octanol–water partition coefficient (Wildman–Crippen LogP) is 20.8. The summed E-state index contributed by atoms with van der Waals surface area (Å²) in [6.45, 7) is 11.7. The highest BCUT2D eigenvalue weighted by Crippen LogP contribution is 2.46. The molecule has 2 fully saturated rings. The van der Waals surface area contributed by atoms with Gasteiger partial charge >= 0.3 is 0 Å². The Labute approximate surface area is 413 Å². The van der Waals surface area contributed by atoms with E-state index < -0.39 is 0 Å². The minimum Gasteiger partial charge on any atom is -0.313 e. The van der Waals surface area contributed by atoms with Crippen LogP contribution in [0.15, 0.2) is 0 Å². The molecule has 0 aromatic rings. The van der Waals surface area contributed by atoms with Crippen molar-refractivity contribution >= 4 is 21.6 Å². The highest BCUT2D eigenvalue weighted by atomic mass is 33.1. The van der Waals surface area contributed by atoms with Gasteiger partial charge in [-0.05, 0) is 62.2 Å². The topological polar surface area (TPSA) is 24.1 Å². The van der Waals surface area contributed by atoms with Crippen molar-refractivity contribution in [3.8, 4) is 0 Å². The maximum Gasteiger partial charge on any atom is 0.0162 e. The Bertz CT molecular complexity index is 842. The number of nitrogens with one attached hydrogen (secondary N) is 2. The van der Waals surface area contributed by atoms with Gasteiger partial charge in [0.25, 0.3) is 0 Å². The Kier molecular flexibility index (Phi) is 44.9. The molecule has 2 N–H and O–H groups in total. The van der Waals surface area contributed by atoms with Gasteiger partial charge in [-0.3, -0.25) is 0 Å². The number of unbranched alkanes of at least 4 members (excludes halogenated alkanes) is 30. The summed E-state index contributed by atoms with van der Waals surface area (Å²) in [5.74, 6) is 6.93. The van der Waals surface area contributed by atoms with E-state index in [9.17, 15) is 0 Å². The van der Waals surface area contributed by atoms with Crippen LogP contribution in [0.1, 0.15) is 323 Å². The van der Waals surface area contributed by atoms with Crippen LogP contribution in [0.2, 0.25) is 0 Å². The van der Waals surface area contributed by atoms with Gasteiger partial charge in [0.1, 0.15) is 0 Å². The molecule has 0 saturated heterocycles. The summed E-state index contributed by atoms with van der Waals surface area (Å²) in [5.41, 5.74) is 0. The second-order valence-corrected chi connectivity index (χ2v) is 24.8. The van der Waals surface area contributed by atoms with Gasteiger partial charge in [-0.2, -0.15) is 0 Å². The quantitative estimate of drug-likeness (QED) is 0.0469. The van der Waals surface area contributed by atoms with E-state index >= 15 is 0 Å². The lowest BCUT2D eigenvalue weighted by molar-refractivity contribution is 0.419. The van der Waals surface area contributed by atoms with E-state index in [-0.39, 0.29) is 0 Å². The molecule has 2 nitrogen and oxygen atoms in total. The second-order valence-electron chi connectivity index (χ2n) is 22.1. The average molecular weight is 934 g/mol. The predicted molar refractivity (Wildman–Crippen MR) is 298 cm³/mol. The van der Waals surface area contributed by atoms with Gasteiger partial charge in [-0.15, -0.1) is 0 Å². The molecule has 0 aromatic heterocycles. The van der Waals surface area contributed by atoms with Crippen molar-refractivity contribution < 1.29 is 0 Å². The summed E-state index contributed by atoms with van der Waals surface area (Å²) in [5, 5.41) is 8.12. The molecule has 64 heavy (non-hydrogen) atoms. The zero-order valence-corrected chi connectivity index (χ0v) is 46.3. The van der Waals surface area contributed by atoms with E-state index in [1.54, 1.807) is 12.8 Å². The Morgan fingerprint density at radius 1 is 0.297 bits per heavy atom. The maximum absolute atomic E-state index is 4.06. The molecule has 0 amide bonds. The molecule has 0 radical (unpaired) electrons. The summed E-state index contributed by atoms with van der Waals surface area (Å²) in [6.07, 6.45) is 67.2. The molecule has 0 heterocycles. The zero-order valence-electron chi connectivity index (χ0n) is 44.6. The van der Waals surface area contributed by atoms with Crippen LogP contribution in [0.3, 0.4) is 0 Å². The van der Waals surface area contributed by atoms with E-state index in [1.807, 2.05) is 0 Å². The van der Waals surface area contributed by atoms with Gasteiger partial charge in [0.05, 0.1) is 0 Å². The van der Waals surface area contributed by atoms with Gasteiger partial charge in [0, 0.05) is 36.7 Å². The van der Waals surface area contributed by atoms with Crippen molar-refractivity contribution in [1.82, 2.24) is 10.6 Å². The smallest absolute Gasteiger partial charge is 0.0162 e. The van der Waals surface area contributed by atoms with Gasteiger partial charge in [0.15, 0.2) is 0 Å². The van der Waals surface area contributed by atoms with E-state index in [0.29, 0.717) is 0 Å². The summed E-state index contributed by atoms with van der Waals surface area (Å²) >= 11 is 0. The molecule has 0 spiro atoms. The normalized spacial score (nSPS) is 19.1. The first kappa shape index (κ1) is 60.7. The summed E-state index contributed by atoms with van der Waals surface area (Å²) < 4.78 is 0. The summed E-state index contributed by atoms with van der Waals surface area (Å²) in [4.78, 5) is 0. The highest BCUT2D eigenvalue weighted by Gasteiger charge is 2.35. The Balaban J connectivity index is 1.54. The first-order valence-electron chi connectivity index (χ1n) is 30.4. The van der Waals surface area contributed by atoms with Gasteiger partial charge in [-0.25, -0.2) is 0 Å². The fraction of sp³-hybridized carbons (Fsp3) is 1.00. The fourth-order valence-corrected chi connectivity index (χ4v) is 13.0. The Morgan fingerprint density at radius 3 is 0.766 bits per heavy atom. The zero-order chi connectivity index (χ0) is 45.6. The van der Waals surface area contributed by atoms with Crippen molar-refractivity contribution in [3.05, 3.63) is 0 Å². The van der Waals surface area contributed by atoms with Crippen LogP contribution in [0.4, 0.5) is 0 Å². The number of hydrogen-bond acceptors (Lipinski definition) is 4. The van der Waals surface area contributed by atoms with Crippen LogP contribution in [0, 0.1) is 23.7 Å². The van der Waals surface area contributed by atoms with Crippen LogP contribution in [0.5, 0.6) is 0 Å². The summed E-state index contributed by atoms with van der Waals surface area (Å²) in [7, 11) is 4.25. The van der Waals surface area contributed by atoms with Crippen molar-refractivity contribution in [1.29, 1.82) is 0 Å². The molecule has 2 aliphatic rings. The van der Waals surface area contributed by atoms with Gasteiger partial charge in [0.2, 0.25) is 0 Å². The van der Waals surface area contributed by atoms with Crippen LogP contribution < -0.4 is 10.6 Å². The van der Waals surface area contributed by atoms with Gasteiger partial charge < -0.3 is 10.6 Å². The molecule has 6 atom stereocenters. The third-order valence-corrected chi connectivity index (χ3v) is 18.3. The molecule has 2 rings (SSSR count). The molecular formula is C60H120N2S2. The van der Waals surface area contributed by atoms with Crippen molar-refractivity contribution in [2.75, 3.05) is 24.6 Å². The standard InChI is InChI=1S/C60H120N2S2/c1-5-9-13-17-21-29-37-45-59(47-39-31-23-27-35-43-57-53-55(57)41-33-25-19-15-11-7-3)61-49-51-63-64-52-50-62-60(46-38-30-22-18-14-10-6-2)48-40-32-24-28-36-44-58-54-56(58)42-34-26-20-16-12-8-4/h55-62H,5-54H2,1-4H3. The molecule has 2 aliphatic carbocycles. The van der Waals surface area contributed by atoms with Crippen LogP contribution in [-0.4, -0.2) is 36.7 Å². The molecular weight excluding hydrogens is 813 g/mol. The highest BCUT2D eigenvalue weighted by molar-refractivity contribution is 8.76. The maximum atomic E-state index is 4.06. The molecule has 2 saturated carbocycles.